The first-order valence-electron chi connectivity index (χ1n) is 7.92. The summed E-state index contributed by atoms with van der Waals surface area (Å²) in [5.74, 6) is 0.0645. The van der Waals surface area contributed by atoms with Crippen LogP contribution in [0.1, 0.15) is 53.4 Å². The summed E-state index contributed by atoms with van der Waals surface area (Å²) in [7, 11) is 0. The van der Waals surface area contributed by atoms with Gasteiger partial charge >= 0.3 is 5.97 Å². The fraction of sp³-hybridized carbons (Fsp3) is 0.647. The summed E-state index contributed by atoms with van der Waals surface area (Å²) in [4.78, 5) is 25.3. The standard InChI is InChI=1S/C17H26ClNO3S/c1-5-23-14-9-7-6-8-12(14)13(11-19-15(20)10-18)16(21)22-17(2,3)4/h11H,5-10H2,1-4H3,(H,19,20)/b13-11-. The number of rotatable bonds is 6. The van der Waals surface area contributed by atoms with E-state index in [0.717, 1.165) is 37.0 Å². The number of ether oxygens (including phenoxy) is 1. The number of nitrogens with one attached hydrogen (secondary N) is 1. The molecule has 0 heterocycles. The van der Waals surface area contributed by atoms with Crippen molar-refractivity contribution in [3.8, 4) is 0 Å². The smallest absolute Gasteiger partial charge is 0.340 e. The van der Waals surface area contributed by atoms with E-state index in [2.05, 4.69) is 12.2 Å². The summed E-state index contributed by atoms with van der Waals surface area (Å²) in [6, 6.07) is 0. The highest BCUT2D eigenvalue weighted by Gasteiger charge is 2.26. The van der Waals surface area contributed by atoms with E-state index in [1.54, 1.807) is 11.8 Å². The fourth-order valence-electron chi connectivity index (χ4n) is 2.29. The molecular formula is C17H26ClNO3S. The average molecular weight is 360 g/mol. The second-order valence-electron chi connectivity index (χ2n) is 6.30. The first-order chi connectivity index (χ1) is 10.8. The molecule has 1 amide bonds. The molecule has 0 unspecified atom stereocenters. The van der Waals surface area contributed by atoms with E-state index < -0.39 is 11.6 Å². The van der Waals surface area contributed by atoms with E-state index in [4.69, 9.17) is 16.3 Å². The summed E-state index contributed by atoms with van der Waals surface area (Å²) < 4.78 is 5.51. The average Bonchev–Trinajstić information content (AvgIpc) is 2.47. The van der Waals surface area contributed by atoms with Crippen LogP contribution in [0.4, 0.5) is 0 Å². The van der Waals surface area contributed by atoms with E-state index in [1.165, 1.54) is 11.1 Å². The molecule has 4 nitrogen and oxygen atoms in total. The molecule has 1 rings (SSSR count). The minimum Gasteiger partial charge on any atom is -0.456 e. The van der Waals surface area contributed by atoms with Gasteiger partial charge in [0.2, 0.25) is 5.91 Å². The molecule has 0 aromatic rings. The molecule has 1 aliphatic carbocycles. The molecule has 6 heteroatoms. The van der Waals surface area contributed by atoms with Crippen LogP contribution in [0.25, 0.3) is 0 Å². The lowest BCUT2D eigenvalue weighted by molar-refractivity contribution is -0.149. The van der Waals surface area contributed by atoms with Crippen LogP contribution in [0.15, 0.2) is 22.3 Å². The second-order valence-corrected chi connectivity index (χ2v) is 7.93. The molecule has 0 saturated heterocycles. The molecule has 0 spiro atoms. The Hall–Kier alpha value is -0.940. The highest BCUT2D eigenvalue weighted by atomic mass is 35.5. The van der Waals surface area contributed by atoms with E-state index in [0.29, 0.717) is 5.57 Å². The van der Waals surface area contributed by atoms with Gasteiger partial charge in [-0.2, -0.15) is 0 Å². The highest BCUT2D eigenvalue weighted by molar-refractivity contribution is 8.03. The van der Waals surface area contributed by atoms with Gasteiger partial charge in [-0.3, -0.25) is 4.79 Å². The van der Waals surface area contributed by atoms with Gasteiger partial charge in [-0.05, 0) is 62.7 Å². The van der Waals surface area contributed by atoms with Crippen molar-refractivity contribution in [1.29, 1.82) is 0 Å². The number of amides is 1. The summed E-state index contributed by atoms with van der Waals surface area (Å²) in [6.45, 7) is 7.58. The summed E-state index contributed by atoms with van der Waals surface area (Å²) >= 11 is 7.27. The van der Waals surface area contributed by atoms with Crippen molar-refractivity contribution in [2.75, 3.05) is 11.6 Å². The van der Waals surface area contributed by atoms with Gasteiger partial charge in [0.05, 0.1) is 5.57 Å². The monoisotopic (exact) mass is 359 g/mol. The molecule has 0 saturated carbocycles. The van der Waals surface area contributed by atoms with E-state index in [9.17, 15) is 9.59 Å². The zero-order chi connectivity index (χ0) is 17.5. The SMILES string of the molecule is CCSC1=C(/C(=C/NC(=O)CCl)C(=O)OC(C)(C)C)CCCC1. The maximum absolute atomic E-state index is 12.6. The van der Waals surface area contributed by atoms with Crippen molar-refractivity contribution in [2.45, 2.75) is 59.0 Å². The number of carbonyl (C=O) groups is 2. The first-order valence-corrected chi connectivity index (χ1v) is 9.44. The highest BCUT2D eigenvalue weighted by Crippen LogP contribution is 2.37. The van der Waals surface area contributed by atoms with Crippen molar-refractivity contribution < 1.29 is 14.3 Å². The molecule has 0 radical (unpaired) electrons. The fourth-order valence-corrected chi connectivity index (χ4v) is 3.39. The largest absolute Gasteiger partial charge is 0.456 e. The van der Waals surface area contributed by atoms with Crippen LogP contribution >= 0.6 is 23.4 Å². The molecule has 1 aliphatic rings. The van der Waals surface area contributed by atoms with Crippen molar-refractivity contribution in [3.63, 3.8) is 0 Å². The van der Waals surface area contributed by atoms with Gasteiger partial charge in [0.25, 0.3) is 0 Å². The van der Waals surface area contributed by atoms with Crippen molar-refractivity contribution >= 4 is 35.2 Å². The lowest BCUT2D eigenvalue weighted by Crippen LogP contribution is -2.28. The Morgan fingerprint density at radius 2 is 1.96 bits per heavy atom. The van der Waals surface area contributed by atoms with Crippen molar-refractivity contribution in [1.82, 2.24) is 5.32 Å². The Bertz CT molecular complexity index is 506. The maximum Gasteiger partial charge on any atom is 0.340 e. The molecule has 1 N–H and O–H groups in total. The molecule has 0 bridgehead atoms. The Labute approximate surface area is 148 Å². The number of allylic oxidation sites excluding steroid dienone is 1. The van der Waals surface area contributed by atoms with E-state index in [-0.39, 0.29) is 11.8 Å². The van der Waals surface area contributed by atoms with E-state index >= 15 is 0 Å². The number of esters is 1. The second kappa shape index (κ2) is 9.38. The third kappa shape index (κ3) is 7.00. The number of hydrogen-bond acceptors (Lipinski definition) is 4. The Morgan fingerprint density at radius 1 is 1.30 bits per heavy atom. The zero-order valence-corrected chi connectivity index (χ0v) is 15.9. The van der Waals surface area contributed by atoms with Crippen molar-refractivity contribution in [2.24, 2.45) is 0 Å². The van der Waals surface area contributed by atoms with Crippen LogP contribution < -0.4 is 5.32 Å². The quantitative estimate of drug-likeness (QED) is 0.439. The lowest BCUT2D eigenvalue weighted by atomic mass is 9.93. The third-order valence-electron chi connectivity index (χ3n) is 3.18. The minimum atomic E-state index is -0.583. The van der Waals surface area contributed by atoms with Crippen LogP contribution in [-0.2, 0) is 14.3 Å². The molecule has 0 aliphatic heterocycles. The number of halogens is 1. The lowest BCUT2D eigenvalue weighted by Gasteiger charge is -2.25. The Kier molecular flexibility index (Phi) is 8.20. The third-order valence-corrected chi connectivity index (χ3v) is 4.51. The summed E-state index contributed by atoms with van der Waals surface area (Å²) in [6.07, 6.45) is 5.41. The molecular weight excluding hydrogens is 334 g/mol. The predicted molar refractivity (Wildman–Crippen MR) is 96.4 cm³/mol. The van der Waals surface area contributed by atoms with Crippen LogP contribution in [0, 0.1) is 0 Å². The van der Waals surface area contributed by atoms with Gasteiger partial charge in [0.1, 0.15) is 11.5 Å². The topological polar surface area (TPSA) is 55.4 Å². The van der Waals surface area contributed by atoms with E-state index in [1.807, 2.05) is 20.8 Å². The van der Waals surface area contributed by atoms with Gasteiger partial charge in [-0.15, -0.1) is 23.4 Å². The van der Waals surface area contributed by atoms with Crippen LogP contribution in [0.3, 0.4) is 0 Å². The summed E-state index contributed by atoms with van der Waals surface area (Å²) in [5, 5.41) is 2.58. The molecule has 130 valence electrons. The minimum absolute atomic E-state index is 0.145. The number of hydrogen-bond donors (Lipinski definition) is 1. The Balaban J connectivity index is 3.16. The van der Waals surface area contributed by atoms with Gasteiger partial charge in [0, 0.05) is 6.20 Å². The van der Waals surface area contributed by atoms with Crippen LogP contribution in [-0.4, -0.2) is 29.1 Å². The zero-order valence-electron chi connectivity index (χ0n) is 14.3. The molecule has 0 aromatic heterocycles. The van der Waals surface area contributed by atoms with Crippen LogP contribution in [0.5, 0.6) is 0 Å². The van der Waals surface area contributed by atoms with Gasteiger partial charge in [0.15, 0.2) is 0 Å². The first kappa shape index (κ1) is 20.1. The van der Waals surface area contributed by atoms with Crippen LogP contribution in [0.2, 0.25) is 0 Å². The van der Waals surface area contributed by atoms with Gasteiger partial charge in [-0.1, -0.05) is 6.92 Å². The van der Waals surface area contributed by atoms with Crippen molar-refractivity contribution in [3.05, 3.63) is 22.3 Å². The summed E-state index contributed by atoms with van der Waals surface area (Å²) in [5.41, 5.74) is 0.848. The molecule has 0 atom stereocenters. The molecule has 0 aromatic carbocycles. The van der Waals surface area contributed by atoms with Gasteiger partial charge in [-0.25, -0.2) is 4.79 Å². The number of thioether (sulfide) groups is 1. The Morgan fingerprint density at radius 3 is 2.52 bits per heavy atom. The maximum atomic E-state index is 12.6. The van der Waals surface area contributed by atoms with Gasteiger partial charge < -0.3 is 10.1 Å². The number of alkyl halides is 1. The number of carbonyl (C=O) groups excluding carboxylic acids is 2. The molecule has 23 heavy (non-hydrogen) atoms. The molecule has 0 fully saturated rings. The normalized spacial score (nSPS) is 16.3. The predicted octanol–water partition coefficient (Wildman–Crippen LogP) is 4.15.